The lowest BCUT2D eigenvalue weighted by atomic mass is 10.1. The molecule has 0 bridgehead atoms. The molecule has 5 heteroatoms. The van der Waals surface area contributed by atoms with E-state index >= 15 is 0 Å². The van der Waals surface area contributed by atoms with Gasteiger partial charge in [0.2, 0.25) is 0 Å². The van der Waals surface area contributed by atoms with Crippen molar-refractivity contribution in [3.8, 4) is 0 Å². The SMILES string of the molecule is CC(C)(C)NCCNCC1CCCS1(=O)=O. The fourth-order valence-electron chi connectivity index (χ4n) is 1.88. The van der Waals surface area contributed by atoms with Crippen molar-refractivity contribution in [2.75, 3.05) is 25.4 Å². The molecule has 1 aliphatic rings. The predicted octanol–water partition coefficient (Wildman–Crippen LogP) is 0.541. The lowest BCUT2D eigenvalue weighted by molar-refractivity contribution is 0.421. The average molecular weight is 248 g/mol. The van der Waals surface area contributed by atoms with Gasteiger partial charge in [-0.15, -0.1) is 0 Å². The molecule has 0 amide bonds. The second kappa shape index (κ2) is 5.47. The van der Waals surface area contributed by atoms with Crippen molar-refractivity contribution in [2.24, 2.45) is 0 Å². The van der Waals surface area contributed by atoms with Crippen molar-refractivity contribution in [3.63, 3.8) is 0 Å². The summed E-state index contributed by atoms with van der Waals surface area (Å²) in [6.45, 7) is 8.66. The Balaban J connectivity index is 2.12. The van der Waals surface area contributed by atoms with Crippen LogP contribution in [-0.2, 0) is 9.84 Å². The first-order chi connectivity index (χ1) is 7.31. The summed E-state index contributed by atoms with van der Waals surface area (Å²) < 4.78 is 23.1. The predicted molar refractivity (Wildman–Crippen MR) is 67.4 cm³/mol. The van der Waals surface area contributed by atoms with Gasteiger partial charge in [-0.05, 0) is 33.6 Å². The Bertz CT molecular complexity index is 306. The first-order valence-electron chi connectivity index (χ1n) is 5.98. The molecule has 0 radical (unpaired) electrons. The van der Waals surface area contributed by atoms with Gasteiger partial charge in [0.25, 0.3) is 0 Å². The van der Waals surface area contributed by atoms with Crippen molar-refractivity contribution in [3.05, 3.63) is 0 Å². The zero-order valence-electron chi connectivity index (χ0n) is 10.5. The summed E-state index contributed by atoms with van der Waals surface area (Å²) in [6.07, 6.45) is 1.65. The molecule has 1 saturated heterocycles. The molecule has 96 valence electrons. The average Bonchev–Trinajstić information content (AvgIpc) is 2.43. The first kappa shape index (κ1) is 13.9. The molecule has 4 nitrogen and oxygen atoms in total. The molecule has 2 N–H and O–H groups in total. The van der Waals surface area contributed by atoms with Gasteiger partial charge in [-0.2, -0.15) is 0 Å². The van der Waals surface area contributed by atoms with Crippen LogP contribution in [0.1, 0.15) is 33.6 Å². The highest BCUT2D eigenvalue weighted by Gasteiger charge is 2.30. The van der Waals surface area contributed by atoms with E-state index in [0.29, 0.717) is 12.3 Å². The Hall–Kier alpha value is -0.130. The van der Waals surface area contributed by atoms with Crippen molar-refractivity contribution >= 4 is 9.84 Å². The third kappa shape index (κ3) is 4.80. The molecule has 1 fully saturated rings. The van der Waals surface area contributed by atoms with Crippen LogP contribution in [0.5, 0.6) is 0 Å². The van der Waals surface area contributed by atoms with Crippen LogP contribution >= 0.6 is 0 Å². The summed E-state index contributed by atoms with van der Waals surface area (Å²) in [5, 5.41) is 6.42. The lowest BCUT2D eigenvalue weighted by Gasteiger charge is -2.20. The first-order valence-corrected chi connectivity index (χ1v) is 7.70. The number of hydrogen-bond acceptors (Lipinski definition) is 4. The van der Waals surface area contributed by atoms with Gasteiger partial charge in [0.05, 0.1) is 11.0 Å². The molecule has 1 atom stereocenters. The van der Waals surface area contributed by atoms with Crippen molar-refractivity contribution in [1.29, 1.82) is 0 Å². The summed E-state index contributed by atoms with van der Waals surface area (Å²) in [6, 6.07) is 0. The quantitative estimate of drug-likeness (QED) is 0.697. The summed E-state index contributed by atoms with van der Waals surface area (Å²) >= 11 is 0. The summed E-state index contributed by atoms with van der Waals surface area (Å²) in [7, 11) is -2.79. The maximum atomic E-state index is 11.5. The van der Waals surface area contributed by atoms with Crippen LogP contribution in [-0.4, -0.2) is 44.6 Å². The number of hydrogen-bond donors (Lipinski definition) is 2. The minimum absolute atomic E-state index is 0.126. The third-order valence-corrected chi connectivity index (χ3v) is 5.07. The maximum Gasteiger partial charge on any atom is 0.154 e. The Morgan fingerprint density at radius 1 is 1.25 bits per heavy atom. The molecular formula is C11H24N2O2S. The summed E-state index contributed by atoms with van der Waals surface area (Å²) in [5.74, 6) is 0.375. The number of sulfone groups is 1. The molecule has 0 aromatic carbocycles. The van der Waals surface area contributed by atoms with Crippen LogP contribution in [0, 0.1) is 0 Å². The zero-order valence-corrected chi connectivity index (χ0v) is 11.4. The van der Waals surface area contributed by atoms with E-state index < -0.39 is 9.84 Å². The zero-order chi connectivity index (χ0) is 12.2. The highest BCUT2D eigenvalue weighted by molar-refractivity contribution is 7.92. The Morgan fingerprint density at radius 2 is 1.94 bits per heavy atom. The van der Waals surface area contributed by atoms with Crippen LogP contribution in [0.2, 0.25) is 0 Å². The largest absolute Gasteiger partial charge is 0.314 e. The van der Waals surface area contributed by atoms with E-state index in [1.165, 1.54) is 0 Å². The molecule has 0 spiro atoms. The molecular weight excluding hydrogens is 224 g/mol. The van der Waals surface area contributed by atoms with Crippen LogP contribution in [0.25, 0.3) is 0 Å². The number of nitrogens with one attached hydrogen (secondary N) is 2. The van der Waals surface area contributed by atoms with E-state index in [2.05, 4.69) is 31.4 Å². The van der Waals surface area contributed by atoms with Gasteiger partial charge in [0.15, 0.2) is 9.84 Å². The molecule has 0 aromatic rings. The number of rotatable bonds is 5. The Morgan fingerprint density at radius 3 is 2.44 bits per heavy atom. The van der Waals surface area contributed by atoms with Crippen LogP contribution < -0.4 is 10.6 Å². The van der Waals surface area contributed by atoms with Gasteiger partial charge >= 0.3 is 0 Å². The molecule has 0 aliphatic carbocycles. The van der Waals surface area contributed by atoms with E-state index in [1.807, 2.05) is 0 Å². The fraction of sp³-hybridized carbons (Fsp3) is 1.00. The molecule has 1 rings (SSSR count). The minimum atomic E-state index is -2.79. The van der Waals surface area contributed by atoms with Gasteiger partial charge in [0.1, 0.15) is 0 Å². The van der Waals surface area contributed by atoms with E-state index in [0.717, 1.165) is 25.9 Å². The topological polar surface area (TPSA) is 58.2 Å². The Kier molecular flexibility index (Phi) is 4.76. The van der Waals surface area contributed by atoms with Crippen LogP contribution in [0.15, 0.2) is 0 Å². The summed E-state index contributed by atoms with van der Waals surface area (Å²) in [4.78, 5) is 0. The smallest absolute Gasteiger partial charge is 0.154 e. The van der Waals surface area contributed by atoms with Crippen molar-refractivity contribution < 1.29 is 8.42 Å². The second-order valence-corrected chi connectivity index (χ2v) is 7.91. The van der Waals surface area contributed by atoms with Gasteiger partial charge in [-0.3, -0.25) is 0 Å². The minimum Gasteiger partial charge on any atom is -0.314 e. The molecule has 1 unspecified atom stereocenters. The molecule has 0 aromatic heterocycles. The van der Waals surface area contributed by atoms with Crippen LogP contribution in [0.3, 0.4) is 0 Å². The monoisotopic (exact) mass is 248 g/mol. The maximum absolute atomic E-state index is 11.5. The third-order valence-electron chi connectivity index (χ3n) is 2.79. The molecule has 1 aliphatic heterocycles. The van der Waals surface area contributed by atoms with Crippen molar-refractivity contribution in [1.82, 2.24) is 10.6 Å². The Labute approximate surface area is 99.1 Å². The molecule has 0 saturated carbocycles. The molecule has 1 heterocycles. The molecule has 16 heavy (non-hydrogen) atoms. The van der Waals surface area contributed by atoms with Gasteiger partial charge in [-0.1, -0.05) is 0 Å². The van der Waals surface area contributed by atoms with E-state index in [1.54, 1.807) is 0 Å². The highest BCUT2D eigenvalue weighted by Crippen LogP contribution is 2.18. The normalized spacial score (nSPS) is 24.8. The van der Waals surface area contributed by atoms with Crippen LogP contribution in [0.4, 0.5) is 0 Å². The standard InChI is InChI=1S/C11H24N2O2S/c1-11(2,3)13-7-6-12-9-10-5-4-8-16(10,14)15/h10,12-13H,4-9H2,1-3H3. The van der Waals surface area contributed by atoms with Gasteiger partial charge in [0, 0.05) is 25.2 Å². The lowest BCUT2D eigenvalue weighted by Crippen LogP contribution is -2.41. The van der Waals surface area contributed by atoms with Gasteiger partial charge < -0.3 is 10.6 Å². The van der Waals surface area contributed by atoms with Gasteiger partial charge in [-0.25, -0.2) is 8.42 Å². The van der Waals surface area contributed by atoms with Crippen molar-refractivity contribution in [2.45, 2.75) is 44.4 Å². The van der Waals surface area contributed by atoms with E-state index in [-0.39, 0.29) is 10.8 Å². The second-order valence-electron chi connectivity index (χ2n) is 5.51. The fourth-order valence-corrected chi connectivity index (χ4v) is 3.68. The highest BCUT2D eigenvalue weighted by atomic mass is 32.2. The van der Waals surface area contributed by atoms with E-state index in [9.17, 15) is 8.42 Å². The summed E-state index contributed by atoms with van der Waals surface area (Å²) in [5.41, 5.74) is 0.126. The van der Waals surface area contributed by atoms with E-state index in [4.69, 9.17) is 0 Å².